The van der Waals surface area contributed by atoms with Crippen LogP contribution in [0.2, 0.25) is 0 Å². The van der Waals surface area contributed by atoms with Gasteiger partial charge in [0.2, 0.25) is 0 Å². The summed E-state index contributed by atoms with van der Waals surface area (Å²) in [5.74, 6) is -0.128. The Bertz CT molecular complexity index is 1100. The van der Waals surface area contributed by atoms with Gasteiger partial charge in [0.25, 0.3) is 5.91 Å². The summed E-state index contributed by atoms with van der Waals surface area (Å²) in [6.07, 6.45) is 1.72. The Labute approximate surface area is 164 Å². The highest BCUT2D eigenvalue weighted by atomic mass is 16.1. The first kappa shape index (κ1) is 17.9. The summed E-state index contributed by atoms with van der Waals surface area (Å²) in [6, 6.07) is 21.6. The van der Waals surface area contributed by atoms with Crippen LogP contribution in [0, 0.1) is 0 Å². The maximum Gasteiger partial charge on any atom is 0.252 e. The van der Waals surface area contributed by atoms with Crippen molar-refractivity contribution in [1.82, 2.24) is 20.1 Å². The standard InChI is InChI=1S/C23H22N4O/c1-3-27-22-20(15-24-27)19(14-21(26-22)18-12-8-5-9-13-18)23(28)25-16(2)17-10-6-4-7-11-17/h4-16H,3H2,1-2H3,(H,25,28). The van der Waals surface area contributed by atoms with Crippen LogP contribution in [0.25, 0.3) is 22.3 Å². The molecule has 2 aromatic heterocycles. The maximum atomic E-state index is 13.1. The van der Waals surface area contributed by atoms with Crippen LogP contribution in [0.1, 0.15) is 35.8 Å². The molecule has 1 amide bonds. The van der Waals surface area contributed by atoms with E-state index in [4.69, 9.17) is 4.98 Å². The summed E-state index contributed by atoms with van der Waals surface area (Å²) < 4.78 is 1.82. The molecule has 0 aliphatic rings. The van der Waals surface area contributed by atoms with Gasteiger partial charge in [-0.1, -0.05) is 60.7 Å². The number of rotatable bonds is 5. The number of hydrogen-bond acceptors (Lipinski definition) is 3. The van der Waals surface area contributed by atoms with Crippen molar-refractivity contribution in [2.24, 2.45) is 0 Å². The van der Waals surface area contributed by atoms with Crippen LogP contribution in [0.5, 0.6) is 0 Å². The molecule has 0 radical (unpaired) electrons. The van der Waals surface area contributed by atoms with E-state index in [1.807, 2.05) is 85.3 Å². The molecular formula is C23H22N4O. The van der Waals surface area contributed by atoms with Gasteiger partial charge in [-0.15, -0.1) is 0 Å². The Kier molecular flexibility index (Phi) is 4.89. The number of fused-ring (bicyclic) bond motifs is 1. The molecule has 4 rings (SSSR count). The Hall–Kier alpha value is -3.47. The smallest absolute Gasteiger partial charge is 0.252 e. The highest BCUT2D eigenvalue weighted by Gasteiger charge is 2.19. The van der Waals surface area contributed by atoms with Gasteiger partial charge in [0.1, 0.15) is 0 Å². The van der Waals surface area contributed by atoms with Gasteiger partial charge in [0, 0.05) is 12.1 Å². The van der Waals surface area contributed by atoms with Crippen molar-refractivity contribution < 1.29 is 4.79 Å². The van der Waals surface area contributed by atoms with Gasteiger partial charge in [-0.05, 0) is 25.5 Å². The summed E-state index contributed by atoms with van der Waals surface area (Å²) in [5.41, 5.74) is 4.11. The molecule has 0 bridgehead atoms. The summed E-state index contributed by atoms with van der Waals surface area (Å²) >= 11 is 0. The average molecular weight is 370 g/mol. The van der Waals surface area contributed by atoms with Crippen molar-refractivity contribution in [3.8, 4) is 11.3 Å². The van der Waals surface area contributed by atoms with Crippen LogP contribution in [0.4, 0.5) is 0 Å². The van der Waals surface area contributed by atoms with Crippen molar-refractivity contribution in [3.63, 3.8) is 0 Å². The van der Waals surface area contributed by atoms with Crippen LogP contribution < -0.4 is 5.32 Å². The van der Waals surface area contributed by atoms with E-state index in [0.717, 1.165) is 27.9 Å². The highest BCUT2D eigenvalue weighted by Crippen LogP contribution is 2.25. The van der Waals surface area contributed by atoms with Crippen LogP contribution in [0.15, 0.2) is 72.9 Å². The van der Waals surface area contributed by atoms with Crippen LogP contribution >= 0.6 is 0 Å². The largest absolute Gasteiger partial charge is 0.345 e. The number of benzene rings is 2. The van der Waals surface area contributed by atoms with E-state index in [0.29, 0.717) is 12.1 Å². The van der Waals surface area contributed by atoms with Crippen molar-refractivity contribution in [2.45, 2.75) is 26.4 Å². The molecule has 1 atom stereocenters. The number of pyridine rings is 1. The van der Waals surface area contributed by atoms with E-state index in [2.05, 4.69) is 10.4 Å². The van der Waals surface area contributed by atoms with Crippen LogP contribution in [-0.4, -0.2) is 20.7 Å². The number of aromatic nitrogens is 3. The molecule has 0 saturated heterocycles. The van der Waals surface area contributed by atoms with E-state index in [-0.39, 0.29) is 11.9 Å². The van der Waals surface area contributed by atoms with Gasteiger partial charge < -0.3 is 5.32 Å². The molecule has 0 aliphatic carbocycles. The van der Waals surface area contributed by atoms with Crippen LogP contribution in [-0.2, 0) is 6.54 Å². The van der Waals surface area contributed by atoms with Gasteiger partial charge in [-0.3, -0.25) is 4.79 Å². The minimum atomic E-state index is -0.128. The molecule has 0 saturated carbocycles. The zero-order chi connectivity index (χ0) is 19.5. The first-order chi connectivity index (χ1) is 13.7. The number of nitrogens with zero attached hydrogens (tertiary/aromatic N) is 3. The first-order valence-electron chi connectivity index (χ1n) is 9.45. The third-order valence-corrected chi connectivity index (χ3v) is 4.87. The van der Waals surface area contributed by atoms with Gasteiger partial charge in [-0.25, -0.2) is 9.67 Å². The molecule has 0 spiro atoms. The number of carbonyl (C=O) groups excluding carboxylic acids is 1. The lowest BCUT2D eigenvalue weighted by atomic mass is 10.0. The molecule has 1 N–H and O–H groups in total. The summed E-state index contributed by atoms with van der Waals surface area (Å²) in [6.45, 7) is 4.69. The van der Waals surface area contributed by atoms with Crippen molar-refractivity contribution in [1.29, 1.82) is 0 Å². The lowest BCUT2D eigenvalue weighted by Crippen LogP contribution is -2.27. The lowest BCUT2D eigenvalue weighted by molar-refractivity contribution is 0.0941. The average Bonchev–Trinajstić information content (AvgIpc) is 3.17. The Balaban J connectivity index is 1.77. The Morgan fingerprint density at radius 3 is 2.43 bits per heavy atom. The second-order valence-corrected chi connectivity index (χ2v) is 6.72. The second-order valence-electron chi connectivity index (χ2n) is 6.72. The first-order valence-corrected chi connectivity index (χ1v) is 9.45. The third kappa shape index (κ3) is 3.39. The van der Waals surface area contributed by atoms with E-state index in [1.54, 1.807) is 6.20 Å². The fourth-order valence-corrected chi connectivity index (χ4v) is 3.32. The predicted octanol–water partition coefficient (Wildman–Crippen LogP) is 4.61. The van der Waals surface area contributed by atoms with Crippen molar-refractivity contribution in [3.05, 3.63) is 84.1 Å². The number of hydrogen-bond donors (Lipinski definition) is 1. The minimum Gasteiger partial charge on any atom is -0.345 e. The maximum absolute atomic E-state index is 13.1. The minimum absolute atomic E-state index is 0.0988. The predicted molar refractivity (Wildman–Crippen MR) is 111 cm³/mol. The van der Waals surface area contributed by atoms with E-state index >= 15 is 0 Å². The molecule has 2 heterocycles. The third-order valence-electron chi connectivity index (χ3n) is 4.87. The topological polar surface area (TPSA) is 59.8 Å². The number of carbonyl (C=O) groups is 1. The molecule has 0 fully saturated rings. The molecule has 28 heavy (non-hydrogen) atoms. The fraction of sp³-hybridized carbons (Fsp3) is 0.174. The lowest BCUT2D eigenvalue weighted by Gasteiger charge is -2.15. The molecule has 4 aromatic rings. The van der Waals surface area contributed by atoms with Crippen molar-refractivity contribution >= 4 is 16.9 Å². The SMILES string of the molecule is CCn1ncc2c(C(=O)NC(C)c3ccccc3)cc(-c3ccccc3)nc21. The van der Waals surface area contributed by atoms with Gasteiger partial charge in [0.05, 0.1) is 28.9 Å². The monoisotopic (exact) mass is 370 g/mol. The van der Waals surface area contributed by atoms with Gasteiger partial charge in [-0.2, -0.15) is 5.10 Å². The molecule has 1 unspecified atom stereocenters. The number of aryl methyl sites for hydroxylation is 1. The molecular weight excluding hydrogens is 348 g/mol. The normalized spacial score (nSPS) is 12.1. The zero-order valence-corrected chi connectivity index (χ0v) is 16.0. The Morgan fingerprint density at radius 2 is 1.75 bits per heavy atom. The molecule has 5 heteroatoms. The Morgan fingerprint density at radius 1 is 1.07 bits per heavy atom. The number of amides is 1. The highest BCUT2D eigenvalue weighted by molar-refractivity contribution is 6.06. The molecule has 140 valence electrons. The summed E-state index contributed by atoms with van der Waals surface area (Å²) in [4.78, 5) is 17.9. The number of nitrogens with one attached hydrogen (secondary N) is 1. The quantitative estimate of drug-likeness (QED) is 0.558. The molecule has 0 aliphatic heterocycles. The molecule has 2 aromatic carbocycles. The van der Waals surface area contributed by atoms with Gasteiger partial charge >= 0.3 is 0 Å². The summed E-state index contributed by atoms with van der Waals surface area (Å²) in [5, 5.41) is 8.27. The zero-order valence-electron chi connectivity index (χ0n) is 16.0. The van der Waals surface area contributed by atoms with E-state index in [9.17, 15) is 4.79 Å². The summed E-state index contributed by atoms with van der Waals surface area (Å²) in [7, 11) is 0. The van der Waals surface area contributed by atoms with Crippen molar-refractivity contribution in [2.75, 3.05) is 0 Å². The van der Waals surface area contributed by atoms with E-state index in [1.165, 1.54) is 0 Å². The molecule has 5 nitrogen and oxygen atoms in total. The van der Waals surface area contributed by atoms with Crippen LogP contribution in [0.3, 0.4) is 0 Å². The fourth-order valence-electron chi connectivity index (χ4n) is 3.32. The van der Waals surface area contributed by atoms with Gasteiger partial charge in [0.15, 0.2) is 5.65 Å². The van der Waals surface area contributed by atoms with E-state index < -0.39 is 0 Å². The second kappa shape index (κ2) is 7.64.